The molecule has 3 nitrogen and oxygen atoms in total. The maximum absolute atomic E-state index is 11.8. The third kappa shape index (κ3) is 2.35. The van der Waals surface area contributed by atoms with Gasteiger partial charge in [0.1, 0.15) is 0 Å². The molecule has 1 amide bonds. The van der Waals surface area contributed by atoms with Crippen molar-refractivity contribution in [1.82, 2.24) is 5.32 Å². The first kappa shape index (κ1) is 15.7. The largest absolute Gasteiger partial charge is 0.352 e. The third-order valence-corrected chi connectivity index (χ3v) is 4.51. The van der Waals surface area contributed by atoms with Crippen LogP contribution in [0, 0.1) is 16.7 Å². The van der Waals surface area contributed by atoms with E-state index in [0.29, 0.717) is 0 Å². The molecule has 1 fully saturated rings. The van der Waals surface area contributed by atoms with Gasteiger partial charge in [-0.05, 0) is 17.8 Å². The Labute approximate surface area is 105 Å². The molecule has 0 aliphatic heterocycles. The first-order valence-electron chi connectivity index (χ1n) is 5.68. The summed E-state index contributed by atoms with van der Waals surface area (Å²) in [5, 5.41) is 3.10. The maximum Gasteiger partial charge on any atom is 0.224 e. The standard InChI is InChI=1S/C12H24N2O.ClH/c1-7(8(2)13)9(15)14-10-11(3,4)12(10,5)6;/h7-8,10H,13H2,1-6H3,(H,14,15);1H. The summed E-state index contributed by atoms with van der Waals surface area (Å²) in [5.74, 6) is -0.0363. The van der Waals surface area contributed by atoms with Crippen molar-refractivity contribution >= 4 is 18.3 Å². The Morgan fingerprint density at radius 2 is 1.56 bits per heavy atom. The first-order valence-corrected chi connectivity index (χ1v) is 5.68. The van der Waals surface area contributed by atoms with E-state index in [1.54, 1.807) is 0 Å². The van der Waals surface area contributed by atoms with Crippen molar-refractivity contribution in [3.8, 4) is 0 Å². The van der Waals surface area contributed by atoms with Gasteiger partial charge < -0.3 is 11.1 Å². The second-order valence-electron chi connectivity index (χ2n) is 6.03. The third-order valence-electron chi connectivity index (χ3n) is 4.51. The van der Waals surface area contributed by atoms with E-state index < -0.39 is 0 Å². The Hall–Kier alpha value is -0.280. The average Bonchev–Trinajstić information content (AvgIpc) is 2.46. The molecule has 2 unspecified atom stereocenters. The average molecular weight is 249 g/mol. The summed E-state index contributed by atoms with van der Waals surface area (Å²) < 4.78 is 0. The van der Waals surface area contributed by atoms with Crippen molar-refractivity contribution in [2.24, 2.45) is 22.5 Å². The van der Waals surface area contributed by atoms with Crippen LogP contribution >= 0.6 is 12.4 Å². The lowest BCUT2D eigenvalue weighted by atomic mass is 10.0. The van der Waals surface area contributed by atoms with E-state index in [-0.39, 0.29) is 47.1 Å². The molecule has 1 saturated carbocycles. The first-order chi connectivity index (χ1) is 6.62. The van der Waals surface area contributed by atoms with E-state index in [1.807, 2.05) is 13.8 Å². The Morgan fingerprint density at radius 1 is 1.19 bits per heavy atom. The molecule has 0 aromatic rings. The van der Waals surface area contributed by atoms with Gasteiger partial charge in [-0.1, -0.05) is 34.6 Å². The van der Waals surface area contributed by atoms with Crippen molar-refractivity contribution in [3.63, 3.8) is 0 Å². The summed E-state index contributed by atoms with van der Waals surface area (Å²) in [6, 6.07) is 0.189. The number of hydrogen-bond acceptors (Lipinski definition) is 2. The summed E-state index contributed by atoms with van der Waals surface area (Å²) in [5.41, 5.74) is 6.10. The van der Waals surface area contributed by atoms with Gasteiger partial charge in [0.05, 0.1) is 0 Å². The Bertz CT molecular complexity index is 260. The SMILES string of the molecule is CC(N)C(C)C(=O)NC1C(C)(C)C1(C)C.Cl. The molecule has 0 bridgehead atoms. The number of nitrogens with one attached hydrogen (secondary N) is 1. The number of nitrogens with two attached hydrogens (primary N) is 1. The van der Waals surface area contributed by atoms with Crippen molar-refractivity contribution in [3.05, 3.63) is 0 Å². The zero-order chi connectivity index (χ0) is 12.0. The molecule has 0 heterocycles. The molecule has 96 valence electrons. The Morgan fingerprint density at radius 3 is 1.81 bits per heavy atom. The van der Waals surface area contributed by atoms with Crippen molar-refractivity contribution in [2.45, 2.75) is 53.6 Å². The second kappa shape index (κ2) is 4.53. The monoisotopic (exact) mass is 248 g/mol. The maximum atomic E-state index is 11.8. The lowest BCUT2D eigenvalue weighted by Crippen LogP contribution is -2.41. The summed E-state index contributed by atoms with van der Waals surface area (Å²) in [7, 11) is 0. The second-order valence-corrected chi connectivity index (χ2v) is 6.03. The molecule has 1 rings (SSSR count). The predicted octanol–water partition coefficient (Wildman–Crippen LogP) is 1.94. The minimum Gasteiger partial charge on any atom is -0.352 e. The molecule has 0 spiro atoms. The fourth-order valence-corrected chi connectivity index (χ4v) is 2.07. The van der Waals surface area contributed by atoms with Crippen molar-refractivity contribution in [2.75, 3.05) is 0 Å². The van der Waals surface area contributed by atoms with E-state index in [2.05, 4.69) is 33.0 Å². The molecule has 16 heavy (non-hydrogen) atoms. The van der Waals surface area contributed by atoms with Crippen LogP contribution in [0.15, 0.2) is 0 Å². The molecular weight excluding hydrogens is 224 g/mol. The van der Waals surface area contributed by atoms with E-state index in [0.717, 1.165) is 0 Å². The van der Waals surface area contributed by atoms with Crippen LogP contribution in [0.5, 0.6) is 0 Å². The van der Waals surface area contributed by atoms with Crippen LogP contribution in [0.2, 0.25) is 0 Å². The number of rotatable bonds is 3. The molecule has 0 radical (unpaired) electrons. The normalized spacial score (nSPS) is 25.2. The molecule has 3 N–H and O–H groups in total. The fourth-order valence-electron chi connectivity index (χ4n) is 2.07. The van der Waals surface area contributed by atoms with Crippen LogP contribution in [0.1, 0.15) is 41.5 Å². The zero-order valence-electron chi connectivity index (χ0n) is 11.1. The molecule has 4 heteroatoms. The quantitative estimate of drug-likeness (QED) is 0.802. The van der Waals surface area contributed by atoms with Gasteiger partial charge in [-0.3, -0.25) is 4.79 Å². The van der Waals surface area contributed by atoms with Gasteiger partial charge >= 0.3 is 0 Å². The van der Waals surface area contributed by atoms with Crippen molar-refractivity contribution < 1.29 is 4.79 Å². The highest BCUT2D eigenvalue weighted by atomic mass is 35.5. The van der Waals surface area contributed by atoms with Gasteiger partial charge in [-0.25, -0.2) is 0 Å². The summed E-state index contributed by atoms with van der Waals surface area (Å²) in [4.78, 5) is 11.8. The van der Waals surface area contributed by atoms with Gasteiger partial charge in [-0.15, -0.1) is 12.4 Å². The number of carbonyl (C=O) groups excluding carboxylic acids is 1. The van der Waals surface area contributed by atoms with E-state index in [9.17, 15) is 4.79 Å². The topological polar surface area (TPSA) is 55.1 Å². The van der Waals surface area contributed by atoms with Crippen LogP contribution in [0.25, 0.3) is 0 Å². The lowest BCUT2D eigenvalue weighted by Gasteiger charge is -2.16. The Kier molecular flexibility index (Phi) is 4.46. The van der Waals surface area contributed by atoms with Gasteiger partial charge in [0, 0.05) is 18.0 Å². The summed E-state index contributed by atoms with van der Waals surface area (Å²) in [6.45, 7) is 12.5. The van der Waals surface area contributed by atoms with Gasteiger partial charge in [-0.2, -0.15) is 0 Å². The van der Waals surface area contributed by atoms with Crippen molar-refractivity contribution in [1.29, 1.82) is 0 Å². The molecule has 1 aliphatic rings. The van der Waals surface area contributed by atoms with Crippen LogP contribution in [0.4, 0.5) is 0 Å². The molecule has 0 aromatic heterocycles. The Balaban J connectivity index is 0.00000225. The summed E-state index contributed by atoms with van der Waals surface area (Å²) >= 11 is 0. The van der Waals surface area contributed by atoms with E-state index in [1.165, 1.54) is 0 Å². The van der Waals surface area contributed by atoms with Gasteiger partial charge in [0.25, 0.3) is 0 Å². The number of hydrogen-bond donors (Lipinski definition) is 2. The van der Waals surface area contributed by atoms with Crippen LogP contribution in [-0.4, -0.2) is 18.0 Å². The highest BCUT2D eigenvalue weighted by molar-refractivity contribution is 5.85. The minimum atomic E-state index is -0.114. The number of amides is 1. The smallest absolute Gasteiger partial charge is 0.224 e. The minimum absolute atomic E-state index is 0. The molecule has 2 atom stereocenters. The lowest BCUT2D eigenvalue weighted by molar-refractivity contribution is -0.125. The highest BCUT2D eigenvalue weighted by Gasteiger charge is 2.65. The molecule has 0 aromatic carbocycles. The van der Waals surface area contributed by atoms with E-state index in [4.69, 9.17) is 5.73 Å². The predicted molar refractivity (Wildman–Crippen MR) is 69.6 cm³/mol. The molecule has 1 aliphatic carbocycles. The van der Waals surface area contributed by atoms with Crippen LogP contribution in [-0.2, 0) is 4.79 Å². The van der Waals surface area contributed by atoms with Crippen LogP contribution in [0.3, 0.4) is 0 Å². The van der Waals surface area contributed by atoms with Crippen LogP contribution < -0.4 is 11.1 Å². The summed E-state index contributed by atoms with van der Waals surface area (Å²) in [6.07, 6.45) is 0. The van der Waals surface area contributed by atoms with E-state index >= 15 is 0 Å². The number of carbonyl (C=O) groups is 1. The molecule has 0 saturated heterocycles. The number of halogens is 1. The van der Waals surface area contributed by atoms with Gasteiger partial charge in [0.15, 0.2) is 0 Å². The van der Waals surface area contributed by atoms with Gasteiger partial charge in [0.2, 0.25) is 5.91 Å². The molecular formula is C12H25ClN2O. The fraction of sp³-hybridized carbons (Fsp3) is 0.917. The highest BCUT2D eigenvalue weighted by Crippen LogP contribution is 2.62. The zero-order valence-corrected chi connectivity index (χ0v) is 11.9.